The van der Waals surface area contributed by atoms with E-state index in [2.05, 4.69) is 20.0 Å². The number of carbonyl (C=O) groups is 1. The van der Waals surface area contributed by atoms with Crippen LogP contribution in [0.4, 0.5) is 5.82 Å². The summed E-state index contributed by atoms with van der Waals surface area (Å²) in [7, 11) is 0. The van der Waals surface area contributed by atoms with Crippen molar-refractivity contribution in [2.24, 2.45) is 5.92 Å². The molecule has 0 bridgehead atoms. The van der Waals surface area contributed by atoms with Gasteiger partial charge in [0.15, 0.2) is 5.79 Å². The van der Waals surface area contributed by atoms with Gasteiger partial charge in [0.05, 0.1) is 26.9 Å². The Kier molecular flexibility index (Phi) is 9.26. The first kappa shape index (κ1) is 31.6. The van der Waals surface area contributed by atoms with Gasteiger partial charge >= 0.3 is 0 Å². The van der Waals surface area contributed by atoms with Crippen molar-refractivity contribution in [3.05, 3.63) is 73.8 Å². The second kappa shape index (κ2) is 12.3. The van der Waals surface area contributed by atoms with Gasteiger partial charge < -0.3 is 24.4 Å². The number of ketones is 1. The summed E-state index contributed by atoms with van der Waals surface area (Å²) in [6.07, 6.45) is 2.85. The van der Waals surface area contributed by atoms with E-state index in [9.17, 15) is 14.5 Å². The van der Waals surface area contributed by atoms with Gasteiger partial charge in [-0.05, 0) is 64.8 Å². The Labute approximate surface area is 262 Å². The molecule has 2 aliphatic rings. The third-order valence-electron chi connectivity index (χ3n) is 7.31. The number of fused-ring (bicyclic) bond motifs is 1. The maximum Gasteiger partial charge on any atom is 0.208 e. The minimum Gasteiger partial charge on any atom is -0.598 e. The van der Waals surface area contributed by atoms with Crippen molar-refractivity contribution in [1.29, 1.82) is 0 Å². The van der Waals surface area contributed by atoms with E-state index in [0.29, 0.717) is 32.0 Å². The Hall–Kier alpha value is -1.80. The zero-order valence-corrected chi connectivity index (χ0v) is 27.0. The molecule has 0 amide bonds. The van der Waals surface area contributed by atoms with Crippen LogP contribution in [0.1, 0.15) is 73.4 Å². The first-order valence-electron chi connectivity index (χ1n) is 13.6. The van der Waals surface area contributed by atoms with Crippen molar-refractivity contribution in [2.75, 3.05) is 11.9 Å². The van der Waals surface area contributed by atoms with Crippen LogP contribution in [0.2, 0.25) is 9.36 Å². The van der Waals surface area contributed by atoms with Crippen LogP contribution in [0.25, 0.3) is 0 Å². The van der Waals surface area contributed by atoms with Crippen molar-refractivity contribution in [3.63, 3.8) is 0 Å². The zero-order valence-electron chi connectivity index (χ0n) is 23.9. The van der Waals surface area contributed by atoms with Gasteiger partial charge in [-0.2, -0.15) is 0 Å². The number of ether oxygens (including phenoxy) is 2. The highest BCUT2D eigenvalue weighted by molar-refractivity contribution is 7.90. The Bertz CT molecular complexity index is 1450. The number of anilines is 1. The molecule has 2 unspecified atom stereocenters. The lowest BCUT2D eigenvalue weighted by atomic mass is 10.0. The molecule has 2 aromatic heterocycles. The summed E-state index contributed by atoms with van der Waals surface area (Å²) >= 11 is 12.7. The number of aliphatic hydroxyl groups excluding tert-OH is 1. The van der Waals surface area contributed by atoms with E-state index in [-0.39, 0.29) is 42.1 Å². The molecule has 0 spiro atoms. The largest absolute Gasteiger partial charge is 0.598 e. The average molecular weight is 654 g/mol. The van der Waals surface area contributed by atoms with Gasteiger partial charge in [0, 0.05) is 40.7 Å². The second-order valence-electron chi connectivity index (χ2n) is 11.9. The predicted octanol–water partition coefficient (Wildman–Crippen LogP) is 5.53. The van der Waals surface area contributed by atoms with Crippen molar-refractivity contribution in [1.82, 2.24) is 14.7 Å². The quantitative estimate of drug-likeness (QED) is 0.202. The fourth-order valence-corrected chi connectivity index (χ4v) is 7.62. The summed E-state index contributed by atoms with van der Waals surface area (Å²) in [6, 6.07) is 8.13. The van der Waals surface area contributed by atoms with Gasteiger partial charge in [-0.15, -0.1) is 16.1 Å². The van der Waals surface area contributed by atoms with Crippen LogP contribution >= 0.6 is 34.5 Å². The lowest BCUT2D eigenvalue weighted by Crippen LogP contribution is -2.41. The number of aromatic nitrogens is 2. The van der Waals surface area contributed by atoms with Crippen molar-refractivity contribution in [3.8, 4) is 0 Å². The highest BCUT2D eigenvalue weighted by Crippen LogP contribution is 2.43. The molecular weight excluding hydrogens is 619 g/mol. The Morgan fingerprint density at radius 3 is 2.69 bits per heavy atom. The van der Waals surface area contributed by atoms with Gasteiger partial charge in [-0.1, -0.05) is 35.3 Å². The average Bonchev–Trinajstić information content (AvgIpc) is 3.56. The van der Waals surface area contributed by atoms with Gasteiger partial charge in [-0.25, -0.2) is 9.97 Å². The molecule has 5 rings (SSSR count). The molecular formula is C29H34Cl2N4O5S2. The standard InChI is InChI=1S/C29H34Cl2N4O5S2/c1-28(2,3)42(38)35-22(15-7-6-8-17(30)9-15)18-11-21(41-26(18)31)23(37)19-12-32-14-33-27(19)34-20-10-16(13-36)24-25(20)40-29(4,5)39-24/h6-9,11-12,14,16,20,22,24-25,35-36H,10,13H2,1-5H3,(H,32,33,34)/t16-,20-,22?,24-,25+,42?/m1/s1. The van der Waals surface area contributed by atoms with Crippen LogP contribution in [0.3, 0.4) is 0 Å². The SMILES string of the molecule is CC1(C)O[C@@H]2[C@@H](CO)C[C@@H](Nc3ncncc3C(=O)c3cc(C(N[S+]([O-])C(C)(C)C)c4cccc(Cl)c4)c(Cl)s3)[C@@H]2O1. The Morgan fingerprint density at radius 1 is 1.26 bits per heavy atom. The topological polar surface area (TPSA) is 129 Å². The van der Waals surface area contributed by atoms with Crippen LogP contribution in [-0.4, -0.2) is 60.8 Å². The lowest BCUT2D eigenvalue weighted by Gasteiger charge is -2.28. The van der Waals surface area contributed by atoms with E-state index in [1.807, 2.05) is 46.8 Å². The van der Waals surface area contributed by atoms with Crippen molar-refractivity contribution < 1.29 is 23.9 Å². The molecule has 3 aromatic rings. The van der Waals surface area contributed by atoms with Crippen LogP contribution in [0, 0.1) is 5.92 Å². The van der Waals surface area contributed by atoms with E-state index < -0.39 is 27.9 Å². The summed E-state index contributed by atoms with van der Waals surface area (Å²) < 4.78 is 28.4. The number of benzene rings is 1. The van der Waals surface area contributed by atoms with E-state index in [4.69, 9.17) is 32.7 Å². The minimum absolute atomic E-state index is 0.0351. The number of halogens is 2. The van der Waals surface area contributed by atoms with Crippen LogP contribution < -0.4 is 10.0 Å². The lowest BCUT2D eigenvalue weighted by molar-refractivity contribution is -0.158. The summed E-state index contributed by atoms with van der Waals surface area (Å²) in [5.41, 5.74) is 1.65. The summed E-state index contributed by atoms with van der Waals surface area (Å²) in [5, 5.41) is 13.8. The maximum atomic E-state index is 13.9. The molecule has 2 fully saturated rings. The molecule has 1 saturated carbocycles. The normalized spacial score (nSPS) is 24.8. The van der Waals surface area contributed by atoms with E-state index in [1.165, 1.54) is 12.5 Å². The molecule has 13 heteroatoms. The van der Waals surface area contributed by atoms with Gasteiger partial charge in [-0.3, -0.25) is 4.79 Å². The molecule has 226 valence electrons. The smallest absolute Gasteiger partial charge is 0.208 e. The molecule has 1 aromatic carbocycles. The van der Waals surface area contributed by atoms with Crippen molar-refractivity contribution in [2.45, 2.75) is 75.9 Å². The third-order valence-corrected chi connectivity index (χ3v) is 10.5. The van der Waals surface area contributed by atoms with Gasteiger partial charge in [0.2, 0.25) is 5.78 Å². The first-order chi connectivity index (χ1) is 19.8. The summed E-state index contributed by atoms with van der Waals surface area (Å²) in [4.78, 5) is 22.8. The molecule has 0 radical (unpaired) electrons. The molecule has 1 aliphatic heterocycles. The monoisotopic (exact) mass is 652 g/mol. The van der Waals surface area contributed by atoms with E-state index in [1.54, 1.807) is 18.2 Å². The molecule has 3 heterocycles. The first-order valence-corrected chi connectivity index (χ1v) is 16.3. The number of nitrogens with zero attached hydrogens (tertiary/aromatic N) is 2. The van der Waals surface area contributed by atoms with Crippen LogP contribution in [-0.2, 0) is 20.8 Å². The molecule has 6 atom stereocenters. The van der Waals surface area contributed by atoms with E-state index >= 15 is 0 Å². The second-order valence-corrected chi connectivity index (χ2v) is 16.0. The number of thiophene rings is 1. The highest BCUT2D eigenvalue weighted by Gasteiger charge is 2.54. The molecule has 42 heavy (non-hydrogen) atoms. The number of aliphatic hydroxyl groups is 1. The number of nitrogens with one attached hydrogen (secondary N) is 2. The third kappa shape index (κ3) is 6.64. The highest BCUT2D eigenvalue weighted by atomic mass is 35.5. The van der Waals surface area contributed by atoms with Crippen molar-refractivity contribution >= 4 is 57.5 Å². The fraction of sp³-hybridized carbons (Fsp3) is 0.483. The number of carbonyl (C=O) groups excluding carboxylic acids is 1. The van der Waals surface area contributed by atoms with Crippen LogP contribution in [0.15, 0.2) is 42.9 Å². The zero-order chi connectivity index (χ0) is 30.4. The number of rotatable bonds is 9. The molecule has 3 N–H and O–H groups in total. The van der Waals surface area contributed by atoms with Gasteiger partial charge in [0.1, 0.15) is 29.0 Å². The van der Waals surface area contributed by atoms with Crippen LogP contribution in [0.5, 0.6) is 0 Å². The fourth-order valence-electron chi connectivity index (χ4n) is 5.30. The predicted molar refractivity (Wildman–Crippen MR) is 166 cm³/mol. The summed E-state index contributed by atoms with van der Waals surface area (Å²) in [5.74, 6) is -0.837. The number of hydrogen-bond donors (Lipinski definition) is 3. The Morgan fingerprint density at radius 2 is 2.00 bits per heavy atom. The van der Waals surface area contributed by atoms with E-state index in [0.717, 1.165) is 16.9 Å². The molecule has 1 saturated heterocycles. The molecule has 9 nitrogen and oxygen atoms in total. The Balaban J connectivity index is 1.44. The number of hydrogen-bond acceptors (Lipinski definition) is 10. The molecule has 1 aliphatic carbocycles. The maximum absolute atomic E-state index is 13.9. The summed E-state index contributed by atoms with van der Waals surface area (Å²) in [6.45, 7) is 9.27. The van der Waals surface area contributed by atoms with Gasteiger partial charge in [0.25, 0.3) is 0 Å². The minimum atomic E-state index is -1.44.